The summed E-state index contributed by atoms with van der Waals surface area (Å²) in [4.78, 5) is 16.2. The average molecular weight is 348 g/mol. The van der Waals surface area contributed by atoms with Gasteiger partial charge in [-0.25, -0.2) is 0 Å². The van der Waals surface area contributed by atoms with Crippen LogP contribution in [0.4, 0.5) is 13.2 Å². The van der Waals surface area contributed by atoms with Crippen LogP contribution in [0.25, 0.3) is 0 Å². The van der Waals surface area contributed by atoms with Crippen LogP contribution < -0.4 is 0 Å². The van der Waals surface area contributed by atoms with Gasteiger partial charge in [0, 0.05) is 25.2 Å². The van der Waals surface area contributed by atoms with Crippen LogP contribution in [0.3, 0.4) is 0 Å². The van der Waals surface area contributed by atoms with E-state index in [9.17, 15) is 23.1 Å². The van der Waals surface area contributed by atoms with Crippen molar-refractivity contribution < 1.29 is 23.1 Å². The van der Waals surface area contributed by atoms with Crippen LogP contribution in [-0.4, -0.2) is 64.3 Å². The molecule has 1 N–H and O–H groups in total. The first-order valence-corrected chi connectivity index (χ1v) is 9.02. The Labute approximate surface area is 141 Å². The number of likely N-dealkylation sites (tertiary alicyclic amines) is 1. The number of nitrogens with zero attached hydrogens (tertiary/aromatic N) is 2. The minimum Gasteiger partial charge on any atom is -0.379 e. The molecule has 0 aromatic carbocycles. The molecule has 1 aliphatic heterocycles. The quantitative estimate of drug-likeness (QED) is 0.849. The van der Waals surface area contributed by atoms with E-state index in [-0.39, 0.29) is 37.5 Å². The average Bonchev–Trinajstić information content (AvgIpc) is 3.24. The Hall–Kier alpha value is -0.820. The summed E-state index contributed by atoms with van der Waals surface area (Å²) in [5, 5.41) is 9.76. The molecule has 3 rings (SSSR count). The fourth-order valence-corrected chi connectivity index (χ4v) is 4.09. The summed E-state index contributed by atoms with van der Waals surface area (Å²) in [5.41, 5.74) is -2.67. The van der Waals surface area contributed by atoms with Crippen molar-refractivity contribution in [2.45, 2.75) is 75.7 Å². The lowest BCUT2D eigenvalue weighted by Gasteiger charge is -2.37. The van der Waals surface area contributed by atoms with Crippen LogP contribution in [0, 0.1) is 5.92 Å². The van der Waals surface area contributed by atoms with Crippen molar-refractivity contribution in [3.63, 3.8) is 0 Å². The standard InChI is InChI=1S/C17H27F3N2O2/c1-12-2-4-13(5-3-12)22(14-6-7-14)15(23)10-21-9-8-16(24,11-21)17(18,19)20/h12-14,24H,2-11H2,1H3/t12?,13?,16-/m0/s1. The van der Waals surface area contributed by atoms with Gasteiger partial charge in [-0.3, -0.25) is 9.69 Å². The van der Waals surface area contributed by atoms with Gasteiger partial charge in [0.2, 0.25) is 5.91 Å². The first-order chi connectivity index (χ1) is 11.2. The van der Waals surface area contributed by atoms with E-state index in [1.54, 1.807) is 0 Å². The van der Waals surface area contributed by atoms with Crippen LogP contribution in [0.5, 0.6) is 0 Å². The van der Waals surface area contributed by atoms with Gasteiger partial charge in [-0.1, -0.05) is 6.92 Å². The second-order valence-electron chi connectivity index (χ2n) is 7.94. The number of amides is 1. The summed E-state index contributed by atoms with van der Waals surface area (Å²) in [7, 11) is 0. The van der Waals surface area contributed by atoms with Crippen LogP contribution in [-0.2, 0) is 4.79 Å². The highest BCUT2D eigenvalue weighted by molar-refractivity contribution is 5.79. The molecule has 1 amide bonds. The van der Waals surface area contributed by atoms with Crippen LogP contribution in [0.2, 0.25) is 0 Å². The second-order valence-corrected chi connectivity index (χ2v) is 7.94. The van der Waals surface area contributed by atoms with Crippen molar-refractivity contribution in [2.24, 2.45) is 5.92 Å². The highest BCUT2D eigenvalue weighted by Crippen LogP contribution is 2.38. The molecule has 2 aliphatic carbocycles. The van der Waals surface area contributed by atoms with E-state index < -0.39 is 18.3 Å². The van der Waals surface area contributed by atoms with Crippen LogP contribution in [0.1, 0.15) is 51.9 Å². The van der Waals surface area contributed by atoms with E-state index >= 15 is 0 Å². The number of carbonyl (C=O) groups excluding carboxylic acids is 1. The maximum atomic E-state index is 12.9. The van der Waals surface area contributed by atoms with Crippen molar-refractivity contribution in [3.05, 3.63) is 0 Å². The third-order valence-corrected chi connectivity index (χ3v) is 5.82. The molecule has 0 bridgehead atoms. The maximum Gasteiger partial charge on any atom is 0.418 e. The molecule has 1 heterocycles. The number of carbonyl (C=O) groups is 1. The van der Waals surface area contributed by atoms with Gasteiger partial charge < -0.3 is 10.0 Å². The SMILES string of the molecule is CC1CCC(N(C(=O)CN2CC[C@@](O)(C(F)(F)F)C2)C2CC2)CC1. The van der Waals surface area contributed by atoms with Crippen molar-refractivity contribution in [1.82, 2.24) is 9.80 Å². The monoisotopic (exact) mass is 348 g/mol. The van der Waals surface area contributed by atoms with E-state index in [0.717, 1.165) is 38.5 Å². The van der Waals surface area contributed by atoms with Gasteiger partial charge in [0.05, 0.1) is 6.54 Å². The topological polar surface area (TPSA) is 43.8 Å². The molecule has 24 heavy (non-hydrogen) atoms. The molecule has 1 atom stereocenters. The third-order valence-electron chi connectivity index (χ3n) is 5.82. The lowest BCUT2D eigenvalue weighted by atomic mass is 9.86. The summed E-state index contributed by atoms with van der Waals surface area (Å²) >= 11 is 0. The summed E-state index contributed by atoms with van der Waals surface area (Å²) in [6.07, 6.45) is 1.23. The number of alkyl halides is 3. The lowest BCUT2D eigenvalue weighted by Crippen LogP contribution is -2.50. The summed E-state index contributed by atoms with van der Waals surface area (Å²) in [6, 6.07) is 0.519. The van der Waals surface area contributed by atoms with Crippen molar-refractivity contribution in [3.8, 4) is 0 Å². The largest absolute Gasteiger partial charge is 0.418 e. The molecule has 0 spiro atoms. The van der Waals surface area contributed by atoms with Crippen molar-refractivity contribution in [2.75, 3.05) is 19.6 Å². The highest BCUT2D eigenvalue weighted by atomic mass is 19.4. The molecular weight excluding hydrogens is 321 g/mol. The number of halogens is 3. The Bertz CT molecular complexity index is 473. The first kappa shape index (κ1) is 18.0. The van der Waals surface area contributed by atoms with Gasteiger partial charge >= 0.3 is 6.18 Å². The predicted molar refractivity (Wildman–Crippen MR) is 83.3 cm³/mol. The summed E-state index contributed by atoms with van der Waals surface area (Å²) in [6.45, 7) is 1.83. The van der Waals surface area contributed by atoms with Gasteiger partial charge in [0.15, 0.2) is 5.60 Å². The molecular formula is C17H27F3N2O2. The fourth-order valence-electron chi connectivity index (χ4n) is 4.09. The van der Waals surface area contributed by atoms with Crippen LogP contribution in [0.15, 0.2) is 0 Å². The van der Waals surface area contributed by atoms with E-state index in [1.165, 1.54) is 4.90 Å². The molecule has 3 fully saturated rings. The molecule has 7 heteroatoms. The highest BCUT2D eigenvalue weighted by Gasteiger charge is 2.57. The summed E-state index contributed by atoms with van der Waals surface area (Å²) in [5.74, 6) is 0.626. The molecule has 138 valence electrons. The van der Waals surface area contributed by atoms with Gasteiger partial charge in [-0.05, 0) is 50.9 Å². The Morgan fingerprint density at radius 3 is 2.17 bits per heavy atom. The predicted octanol–water partition coefficient (Wildman–Crippen LogP) is 2.56. The van der Waals surface area contributed by atoms with Gasteiger partial charge in [0.1, 0.15) is 0 Å². The van der Waals surface area contributed by atoms with Gasteiger partial charge in [-0.15, -0.1) is 0 Å². The zero-order chi connectivity index (χ0) is 17.5. The van der Waals surface area contributed by atoms with E-state index in [2.05, 4.69) is 6.92 Å². The van der Waals surface area contributed by atoms with E-state index in [1.807, 2.05) is 4.90 Å². The number of β-amino-alcohol motifs (C(OH)–C–C–N with tert-alkyl or cyclic N) is 1. The smallest absolute Gasteiger partial charge is 0.379 e. The van der Waals surface area contributed by atoms with Gasteiger partial charge in [0.25, 0.3) is 0 Å². The normalized spacial score (nSPS) is 35.2. The molecule has 0 aromatic heterocycles. The summed E-state index contributed by atoms with van der Waals surface area (Å²) < 4.78 is 38.7. The van der Waals surface area contributed by atoms with Crippen molar-refractivity contribution >= 4 is 5.91 Å². The molecule has 0 radical (unpaired) electrons. The first-order valence-electron chi connectivity index (χ1n) is 9.02. The maximum absolute atomic E-state index is 12.9. The zero-order valence-corrected chi connectivity index (χ0v) is 14.2. The molecule has 4 nitrogen and oxygen atoms in total. The second kappa shape index (κ2) is 6.48. The van der Waals surface area contributed by atoms with Crippen molar-refractivity contribution in [1.29, 1.82) is 0 Å². The number of hydrogen-bond donors (Lipinski definition) is 1. The Balaban J connectivity index is 1.59. The lowest BCUT2D eigenvalue weighted by molar-refractivity contribution is -0.253. The molecule has 1 saturated heterocycles. The Morgan fingerprint density at radius 1 is 1.17 bits per heavy atom. The Kier molecular flexibility index (Phi) is 4.86. The molecule has 3 aliphatic rings. The third kappa shape index (κ3) is 3.72. The number of aliphatic hydroxyl groups is 1. The van der Waals surface area contributed by atoms with Crippen LogP contribution >= 0.6 is 0 Å². The number of rotatable bonds is 4. The van der Waals surface area contributed by atoms with E-state index in [4.69, 9.17) is 0 Å². The van der Waals surface area contributed by atoms with Gasteiger partial charge in [-0.2, -0.15) is 13.2 Å². The molecule has 0 aromatic rings. The fraction of sp³-hybridized carbons (Fsp3) is 0.941. The van der Waals surface area contributed by atoms with E-state index in [0.29, 0.717) is 5.92 Å². The molecule has 2 saturated carbocycles. The minimum atomic E-state index is -4.64. The molecule has 0 unspecified atom stereocenters. The zero-order valence-electron chi connectivity index (χ0n) is 14.2. The number of hydrogen-bond acceptors (Lipinski definition) is 3. The minimum absolute atomic E-state index is 0.0130. The Morgan fingerprint density at radius 2 is 1.71 bits per heavy atom.